The van der Waals surface area contributed by atoms with Gasteiger partial charge in [-0.3, -0.25) is 4.79 Å². The van der Waals surface area contributed by atoms with E-state index in [0.29, 0.717) is 26.1 Å². The van der Waals surface area contributed by atoms with Crippen LogP contribution in [-0.4, -0.2) is 57.4 Å². The summed E-state index contributed by atoms with van der Waals surface area (Å²) < 4.78 is 16.6. The zero-order chi connectivity index (χ0) is 20.1. The summed E-state index contributed by atoms with van der Waals surface area (Å²) in [6.07, 6.45) is 1.21. The van der Waals surface area contributed by atoms with Gasteiger partial charge in [-0.1, -0.05) is 12.1 Å². The maximum absolute atomic E-state index is 12.9. The van der Waals surface area contributed by atoms with Crippen molar-refractivity contribution in [1.82, 2.24) is 4.90 Å². The molecule has 2 aliphatic rings. The van der Waals surface area contributed by atoms with E-state index in [1.165, 1.54) is 5.69 Å². The van der Waals surface area contributed by atoms with Crippen molar-refractivity contribution in [3.8, 4) is 11.5 Å². The quantitative estimate of drug-likeness (QED) is 0.778. The van der Waals surface area contributed by atoms with E-state index in [2.05, 4.69) is 17.0 Å². The molecule has 0 aromatic heterocycles. The highest BCUT2D eigenvalue weighted by Crippen LogP contribution is 2.29. The number of methoxy groups -OCH3 is 1. The number of ether oxygens (including phenoxy) is 3. The highest BCUT2D eigenvalue weighted by molar-refractivity contribution is 5.76. The molecule has 0 atom stereocenters. The number of hydrogen-bond acceptors (Lipinski definition) is 5. The van der Waals surface area contributed by atoms with Gasteiger partial charge in [-0.15, -0.1) is 0 Å². The minimum absolute atomic E-state index is 0.161. The molecular weight excluding hydrogens is 368 g/mol. The maximum Gasteiger partial charge on any atom is 0.223 e. The van der Waals surface area contributed by atoms with Gasteiger partial charge in [-0.05, 0) is 42.3 Å². The molecule has 1 saturated heterocycles. The summed E-state index contributed by atoms with van der Waals surface area (Å²) in [4.78, 5) is 17.1. The second-order valence-electron chi connectivity index (χ2n) is 7.40. The zero-order valence-corrected chi connectivity index (χ0v) is 16.9. The summed E-state index contributed by atoms with van der Waals surface area (Å²) in [5.74, 6) is 1.87. The molecule has 0 radical (unpaired) electrons. The van der Waals surface area contributed by atoms with Crippen LogP contribution in [0.5, 0.6) is 11.5 Å². The van der Waals surface area contributed by atoms with E-state index < -0.39 is 0 Å². The van der Waals surface area contributed by atoms with Gasteiger partial charge in [-0.25, -0.2) is 0 Å². The topological polar surface area (TPSA) is 51.2 Å². The molecule has 6 heteroatoms. The Hall–Kier alpha value is -2.73. The van der Waals surface area contributed by atoms with Crippen molar-refractivity contribution in [3.63, 3.8) is 0 Å². The number of carbonyl (C=O) groups excluding carboxylic acids is 1. The van der Waals surface area contributed by atoms with Crippen LogP contribution in [0.1, 0.15) is 17.5 Å². The number of amides is 1. The van der Waals surface area contributed by atoms with Crippen LogP contribution >= 0.6 is 0 Å². The molecule has 0 aliphatic carbocycles. The van der Waals surface area contributed by atoms with Crippen LogP contribution in [0, 0.1) is 0 Å². The highest BCUT2D eigenvalue weighted by atomic mass is 16.5. The number of hydrogen-bond donors (Lipinski definition) is 0. The van der Waals surface area contributed by atoms with Crippen LogP contribution in [0.3, 0.4) is 0 Å². The van der Waals surface area contributed by atoms with Crippen LogP contribution in [0.15, 0.2) is 42.5 Å². The third-order valence-electron chi connectivity index (χ3n) is 5.54. The Bertz CT molecular complexity index is 831. The molecule has 0 unspecified atom stereocenters. The second kappa shape index (κ2) is 9.18. The van der Waals surface area contributed by atoms with E-state index in [4.69, 9.17) is 14.2 Å². The minimum Gasteiger partial charge on any atom is -0.497 e. The van der Waals surface area contributed by atoms with Crippen molar-refractivity contribution in [3.05, 3.63) is 53.6 Å². The van der Waals surface area contributed by atoms with Gasteiger partial charge in [0.1, 0.15) is 18.1 Å². The van der Waals surface area contributed by atoms with Crippen molar-refractivity contribution in [1.29, 1.82) is 0 Å². The van der Waals surface area contributed by atoms with Gasteiger partial charge in [-0.2, -0.15) is 0 Å². The van der Waals surface area contributed by atoms with E-state index in [0.717, 1.165) is 55.4 Å². The summed E-state index contributed by atoms with van der Waals surface area (Å²) in [6, 6.07) is 14.2. The zero-order valence-electron chi connectivity index (χ0n) is 16.9. The Labute approximate surface area is 172 Å². The maximum atomic E-state index is 12.9. The lowest BCUT2D eigenvalue weighted by molar-refractivity contribution is -0.131. The molecule has 29 heavy (non-hydrogen) atoms. The normalized spacial score (nSPS) is 16.6. The molecule has 0 spiro atoms. The van der Waals surface area contributed by atoms with Crippen molar-refractivity contribution < 1.29 is 19.0 Å². The van der Waals surface area contributed by atoms with E-state index in [1.54, 1.807) is 7.11 Å². The molecule has 0 N–H and O–H groups in total. The number of benzene rings is 2. The fourth-order valence-electron chi connectivity index (χ4n) is 3.81. The summed E-state index contributed by atoms with van der Waals surface area (Å²) in [5, 5.41) is 0. The first-order valence-corrected chi connectivity index (χ1v) is 10.2. The Morgan fingerprint density at radius 2 is 1.83 bits per heavy atom. The standard InChI is InChI=1S/C23H28N2O4/c1-27-21-6-2-18(3-7-21)4-9-23(26)25-12-15-29-22-8-5-20(16-19(22)17-25)24-10-13-28-14-11-24/h2-3,5-8,16H,4,9-15,17H2,1H3. The van der Waals surface area contributed by atoms with E-state index in [-0.39, 0.29) is 5.91 Å². The fraction of sp³-hybridized carbons (Fsp3) is 0.435. The summed E-state index contributed by atoms with van der Waals surface area (Å²) in [5.41, 5.74) is 3.38. The predicted octanol–water partition coefficient (Wildman–Crippen LogP) is 2.89. The van der Waals surface area contributed by atoms with Crippen LogP contribution in [-0.2, 0) is 22.5 Å². The second-order valence-corrected chi connectivity index (χ2v) is 7.40. The average Bonchev–Trinajstić information content (AvgIpc) is 3.00. The van der Waals surface area contributed by atoms with Gasteiger partial charge < -0.3 is 24.0 Å². The largest absolute Gasteiger partial charge is 0.497 e. The number of nitrogens with zero attached hydrogens (tertiary/aromatic N) is 2. The summed E-state index contributed by atoms with van der Waals surface area (Å²) in [7, 11) is 1.66. The first kappa shape index (κ1) is 19.6. The van der Waals surface area contributed by atoms with Crippen molar-refractivity contribution in [2.45, 2.75) is 19.4 Å². The van der Waals surface area contributed by atoms with E-state index >= 15 is 0 Å². The lowest BCUT2D eigenvalue weighted by Crippen LogP contribution is -2.36. The molecule has 1 amide bonds. The molecule has 1 fully saturated rings. The number of carbonyl (C=O) groups is 1. The van der Waals surface area contributed by atoms with Crippen molar-refractivity contribution >= 4 is 11.6 Å². The summed E-state index contributed by atoms with van der Waals surface area (Å²) >= 11 is 0. The van der Waals surface area contributed by atoms with Gasteiger partial charge in [0.2, 0.25) is 5.91 Å². The number of fused-ring (bicyclic) bond motifs is 1. The molecule has 2 aromatic carbocycles. The third-order valence-corrected chi connectivity index (χ3v) is 5.54. The third kappa shape index (κ3) is 4.82. The Kier molecular flexibility index (Phi) is 6.20. The number of anilines is 1. The van der Waals surface area contributed by atoms with Crippen molar-refractivity contribution in [2.24, 2.45) is 0 Å². The van der Waals surface area contributed by atoms with Crippen molar-refractivity contribution in [2.75, 3.05) is 51.5 Å². The van der Waals surface area contributed by atoms with Gasteiger partial charge in [0.25, 0.3) is 0 Å². The first-order valence-electron chi connectivity index (χ1n) is 10.2. The van der Waals surface area contributed by atoms with Crippen LogP contribution < -0.4 is 14.4 Å². The molecule has 154 valence electrons. The number of morpholine rings is 1. The number of aryl methyl sites for hydroxylation is 1. The number of rotatable bonds is 5. The van der Waals surface area contributed by atoms with Gasteiger partial charge >= 0.3 is 0 Å². The Morgan fingerprint density at radius 1 is 1.03 bits per heavy atom. The lowest BCUT2D eigenvalue weighted by Gasteiger charge is -2.29. The van der Waals surface area contributed by atoms with Gasteiger partial charge in [0.15, 0.2) is 0 Å². The molecule has 6 nitrogen and oxygen atoms in total. The molecular formula is C23H28N2O4. The summed E-state index contributed by atoms with van der Waals surface area (Å²) in [6.45, 7) is 5.03. The average molecular weight is 396 g/mol. The van der Waals surface area contributed by atoms with E-state index in [1.807, 2.05) is 35.2 Å². The lowest BCUT2D eigenvalue weighted by atomic mass is 10.1. The van der Waals surface area contributed by atoms with E-state index in [9.17, 15) is 4.79 Å². The highest BCUT2D eigenvalue weighted by Gasteiger charge is 2.21. The van der Waals surface area contributed by atoms with Gasteiger partial charge in [0.05, 0.1) is 26.9 Å². The monoisotopic (exact) mass is 396 g/mol. The molecule has 2 aliphatic heterocycles. The van der Waals surface area contributed by atoms with Gasteiger partial charge in [0, 0.05) is 37.3 Å². The first-order chi connectivity index (χ1) is 14.2. The fourth-order valence-corrected chi connectivity index (χ4v) is 3.81. The Balaban J connectivity index is 1.40. The van der Waals surface area contributed by atoms with Crippen LogP contribution in [0.4, 0.5) is 5.69 Å². The molecule has 0 saturated carbocycles. The molecule has 2 aromatic rings. The molecule has 4 rings (SSSR count). The smallest absolute Gasteiger partial charge is 0.223 e. The SMILES string of the molecule is COc1ccc(CCC(=O)N2CCOc3ccc(N4CCOCC4)cc3C2)cc1. The van der Waals surface area contributed by atoms with Crippen LogP contribution in [0.2, 0.25) is 0 Å². The van der Waals surface area contributed by atoms with Crippen LogP contribution in [0.25, 0.3) is 0 Å². The Morgan fingerprint density at radius 3 is 2.59 bits per heavy atom. The molecule has 2 heterocycles. The minimum atomic E-state index is 0.161. The molecule has 0 bridgehead atoms. The predicted molar refractivity (Wildman–Crippen MR) is 112 cm³/mol.